The Morgan fingerprint density at radius 1 is 1.41 bits per heavy atom. The van der Waals surface area contributed by atoms with E-state index in [1.54, 1.807) is 11.3 Å². The van der Waals surface area contributed by atoms with E-state index in [2.05, 4.69) is 40.1 Å². The van der Waals surface area contributed by atoms with Crippen LogP contribution < -0.4 is 5.32 Å². The van der Waals surface area contributed by atoms with Gasteiger partial charge in [-0.3, -0.25) is 4.98 Å². The first-order valence-electron chi connectivity index (χ1n) is 6.04. The Balaban J connectivity index is 2.08. The van der Waals surface area contributed by atoms with Crippen LogP contribution in [-0.2, 0) is 6.42 Å². The summed E-state index contributed by atoms with van der Waals surface area (Å²) in [6.07, 6.45) is 5.97. The third-order valence-electron chi connectivity index (χ3n) is 2.75. The Hall–Kier alpha value is -1.19. The third-order valence-corrected chi connectivity index (χ3v) is 3.48. The van der Waals surface area contributed by atoms with Gasteiger partial charge in [-0.05, 0) is 53.4 Å². The van der Waals surface area contributed by atoms with Gasteiger partial charge in [0.15, 0.2) is 0 Å². The molecule has 0 aliphatic carbocycles. The van der Waals surface area contributed by atoms with Crippen LogP contribution in [0.15, 0.2) is 41.4 Å². The number of nitrogens with zero attached hydrogens (tertiary/aromatic N) is 1. The van der Waals surface area contributed by atoms with Gasteiger partial charge in [0.2, 0.25) is 0 Å². The molecule has 1 atom stereocenters. The minimum atomic E-state index is 0.373. The van der Waals surface area contributed by atoms with E-state index in [4.69, 9.17) is 0 Å². The molecule has 1 N–H and O–H groups in total. The lowest BCUT2D eigenvalue weighted by Gasteiger charge is -2.18. The van der Waals surface area contributed by atoms with E-state index in [1.165, 1.54) is 11.1 Å². The van der Waals surface area contributed by atoms with Crippen LogP contribution in [0.5, 0.6) is 0 Å². The van der Waals surface area contributed by atoms with Crippen LogP contribution in [0.1, 0.15) is 30.5 Å². The predicted molar refractivity (Wildman–Crippen MR) is 73.3 cm³/mol. The lowest BCUT2D eigenvalue weighted by molar-refractivity contribution is 0.528. The van der Waals surface area contributed by atoms with Crippen LogP contribution in [0.3, 0.4) is 0 Å². The molecule has 0 radical (unpaired) electrons. The largest absolute Gasteiger partial charge is 0.310 e. The molecule has 0 aliphatic rings. The summed E-state index contributed by atoms with van der Waals surface area (Å²) in [5, 5.41) is 7.94. The van der Waals surface area contributed by atoms with E-state index in [-0.39, 0.29) is 0 Å². The van der Waals surface area contributed by atoms with Gasteiger partial charge in [-0.15, -0.1) is 0 Å². The normalized spacial score (nSPS) is 12.5. The van der Waals surface area contributed by atoms with E-state index < -0.39 is 0 Å². The van der Waals surface area contributed by atoms with Gasteiger partial charge in [0, 0.05) is 18.4 Å². The number of aromatic nitrogens is 1. The fraction of sp³-hybridized carbons (Fsp3) is 0.357. The molecule has 90 valence electrons. The SMILES string of the molecule is CCCNC(Cc1ccsc1)c1cccnc1. The van der Waals surface area contributed by atoms with Crippen LogP contribution in [0.2, 0.25) is 0 Å². The van der Waals surface area contributed by atoms with Gasteiger partial charge in [-0.1, -0.05) is 13.0 Å². The van der Waals surface area contributed by atoms with Crippen LogP contribution in [0.4, 0.5) is 0 Å². The van der Waals surface area contributed by atoms with Crippen LogP contribution >= 0.6 is 11.3 Å². The molecule has 0 saturated heterocycles. The summed E-state index contributed by atoms with van der Waals surface area (Å²) in [6, 6.07) is 6.72. The van der Waals surface area contributed by atoms with Gasteiger partial charge < -0.3 is 5.32 Å². The van der Waals surface area contributed by atoms with Crippen molar-refractivity contribution in [3.8, 4) is 0 Å². The van der Waals surface area contributed by atoms with Crippen molar-refractivity contribution in [2.75, 3.05) is 6.54 Å². The molecule has 1 unspecified atom stereocenters. The van der Waals surface area contributed by atoms with Crippen LogP contribution in [0, 0.1) is 0 Å². The summed E-state index contributed by atoms with van der Waals surface area (Å²) in [4.78, 5) is 4.21. The van der Waals surface area contributed by atoms with Crippen LogP contribution in [-0.4, -0.2) is 11.5 Å². The van der Waals surface area contributed by atoms with Crippen LogP contribution in [0.25, 0.3) is 0 Å². The quantitative estimate of drug-likeness (QED) is 0.844. The molecule has 2 aromatic heterocycles. The molecule has 0 spiro atoms. The Labute approximate surface area is 107 Å². The van der Waals surface area contributed by atoms with Crippen molar-refractivity contribution in [3.05, 3.63) is 52.5 Å². The molecule has 3 heteroatoms. The Morgan fingerprint density at radius 2 is 2.35 bits per heavy atom. The van der Waals surface area contributed by atoms with Crippen molar-refractivity contribution < 1.29 is 0 Å². The number of pyridine rings is 1. The van der Waals surface area contributed by atoms with Gasteiger partial charge >= 0.3 is 0 Å². The zero-order chi connectivity index (χ0) is 11.9. The van der Waals surface area contributed by atoms with Crippen molar-refractivity contribution in [3.63, 3.8) is 0 Å². The number of rotatable bonds is 6. The minimum Gasteiger partial charge on any atom is -0.310 e. The fourth-order valence-corrected chi connectivity index (χ4v) is 2.53. The van der Waals surface area contributed by atoms with E-state index >= 15 is 0 Å². The summed E-state index contributed by atoms with van der Waals surface area (Å²) in [6.45, 7) is 3.24. The Bertz CT molecular complexity index is 411. The first kappa shape index (κ1) is 12.3. The fourth-order valence-electron chi connectivity index (χ4n) is 1.85. The average Bonchev–Trinajstić information content (AvgIpc) is 2.88. The molecule has 0 amide bonds. The smallest absolute Gasteiger partial charge is 0.0376 e. The molecular formula is C14H18N2S. The van der Waals surface area contributed by atoms with E-state index in [9.17, 15) is 0 Å². The number of thiophene rings is 1. The van der Waals surface area contributed by atoms with Gasteiger partial charge in [0.25, 0.3) is 0 Å². The number of hydrogen-bond donors (Lipinski definition) is 1. The lowest BCUT2D eigenvalue weighted by Crippen LogP contribution is -2.24. The summed E-state index contributed by atoms with van der Waals surface area (Å²) in [7, 11) is 0. The Morgan fingerprint density at radius 3 is 3.00 bits per heavy atom. The van der Waals surface area contributed by atoms with Gasteiger partial charge in [0.05, 0.1) is 0 Å². The van der Waals surface area contributed by atoms with Crippen molar-refractivity contribution in [2.45, 2.75) is 25.8 Å². The van der Waals surface area contributed by atoms with E-state index in [0.717, 1.165) is 19.4 Å². The molecule has 0 aliphatic heterocycles. The highest BCUT2D eigenvalue weighted by Gasteiger charge is 2.11. The lowest BCUT2D eigenvalue weighted by atomic mass is 10.0. The molecule has 2 heterocycles. The summed E-state index contributed by atoms with van der Waals surface area (Å²) < 4.78 is 0. The highest BCUT2D eigenvalue weighted by atomic mass is 32.1. The monoisotopic (exact) mass is 246 g/mol. The maximum Gasteiger partial charge on any atom is 0.0376 e. The highest BCUT2D eigenvalue weighted by Crippen LogP contribution is 2.19. The summed E-state index contributed by atoms with van der Waals surface area (Å²) in [5.74, 6) is 0. The number of nitrogens with one attached hydrogen (secondary N) is 1. The Kier molecular flexibility index (Phi) is 4.71. The molecule has 17 heavy (non-hydrogen) atoms. The second kappa shape index (κ2) is 6.52. The zero-order valence-corrected chi connectivity index (χ0v) is 10.9. The maximum absolute atomic E-state index is 4.21. The third kappa shape index (κ3) is 3.65. The van der Waals surface area contributed by atoms with Crippen molar-refractivity contribution in [1.82, 2.24) is 10.3 Å². The molecule has 2 nitrogen and oxygen atoms in total. The topological polar surface area (TPSA) is 24.9 Å². The standard InChI is InChI=1S/C14H18N2S/c1-2-6-16-14(9-12-5-8-17-11-12)13-4-3-7-15-10-13/h3-5,7-8,10-11,14,16H,2,6,9H2,1H3. The molecule has 0 bridgehead atoms. The van der Waals surface area contributed by atoms with E-state index in [0.29, 0.717) is 6.04 Å². The zero-order valence-electron chi connectivity index (χ0n) is 10.1. The van der Waals surface area contributed by atoms with Gasteiger partial charge in [0.1, 0.15) is 0 Å². The molecule has 0 aromatic carbocycles. The molecule has 2 rings (SSSR count). The molecule has 0 fully saturated rings. The van der Waals surface area contributed by atoms with Crippen molar-refractivity contribution in [2.24, 2.45) is 0 Å². The average molecular weight is 246 g/mol. The summed E-state index contributed by atoms with van der Waals surface area (Å²) >= 11 is 1.76. The second-order valence-corrected chi connectivity index (χ2v) is 4.91. The molecule has 0 saturated carbocycles. The summed E-state index contributed by atoms with van der Waals surface area (Å²) in [5.41, 5.74) is 2.67. The van der Waals surface area contributed by atoms with Crippen molar-refractivity contribution in [1.29, 1.82) is 0 Å². The molecular weight excluding hydrogens is 228 g/mol. The highest BCUT2D eigenvalue weighted by molar-refractivity contribution is 7.07. The van der Waals surface area contributed by atoms with E-state index in [1.807, 2.05) is 18.5 Å². The van der Waals surface area contributed by atoms with Crippen molar-refractivity contribution >= 4 is 11.3 Å². The van der Waals surface area contributed by atoms with Gasteiger partial charge in [-0.25, -0.2) is 0 Å². The first-order valence-corrected chi connectivity index (χ1v) is 6.99. The number of hydrogen-bond acceptors (Lipinski definition) is 3. The minimum absolute atomic E-state index is 0.373. The predicted octanol–water partition coefficient (Wildman–Crippen LogP) is 3.43. The maximum atomic E-state index is 4.21. The second-order valence-electron chi connectivity index (χ2n) is 4.13. The van der Waals surface area contributed by atoms with Gasteiger partial charge in [-0.2, -0.15) is 11.3 Å². The molecule has 2 aromatic rings. The first-order chi connectivity index (χ1) is 8.40.